The van der Waals surface area contributed by atoms with Gasteiger partial charge in [-0.3, -0.25) is 4.79 Å². The van der Waals surface area contributed by atoms with E-state index in [1.54, 1.807) is 0 Å². The molecular weight excluding hydrogens is 234 g/mol. The van der Waals surface area contributed by atoms with E-state index in [0.717, 1.165) is 44.0 Å². The third-order valence-electron chi connectivity index (χ3n) is 3.83. The Labute approximate surface area is 109 Å². The van der Waals surface area contributed by atoms with Crippen LogP contribution in [-0.2, 0) is 4.79 Å². The van der Waals surface area contributed by atoms with Gasteiger partial charge in [-0.2, -0.15) is 11.8 Å². The highest BCUT2D eigenvalue weighted by Crippen LogP contribution is 2.34. The monoisotopic (exact) mass is 259 g/mol. The van der Waals surface area contributed by atoms with Crippen LogP contribution in [-0.4, -0.2) is 47.1 Å². The molecule has 0 spiro atoms. The van der Waals surface area contributed by atoms with Gasteiger partial charge < -0.3 is 10.0 Å². The van der Waals surface area contributed by atoms with Gasteiger partial charge in [0.15, 0.2) is 0 Å². The first-order valence-corrected chi connectivity index (χ1v) is 7.67. The van der Waals surface area contributed by atoms with Gasteiger partial charge in [0, 0.05) is 18.8 Å². The molecule has 3 nitrogen and oxygen atoms in total. The van der Waals surface area contributed by atoms with Gasteiger partial charge in [0.25, 0.3) is 0 Å². The lowest BCUT2D eigenvalue weighted by molar-refractivity contribution is -0.151. The quantitative estimate of drug-likeness (QED) is 0.744. The van der Waals surface area contributed by atoms with Crippen LogP contribution in [0.5, 0.6) is 0 Å². The van der Waals surface area contributed by atoms with Crippen LogP contribution < -0.4 is 0 Å². The normalized spacial score (nSPS) is 22.6. The molecule has 1 N–H and O–H groups in total. The maximum Gasteiger partial charge on any atom is 0.309 e. The first kappa shape index (κ1) is 14.8. The Morgan fingerprint density at radius 3 is 2.82 bits per heavy atom. The Hall–Kier alpha value is -0.220. The van der Waals surface area contributed by atoms with Crippen molar-refractivity contribution >= 4 is 17.7 Å². The van der Waals surface area contributed by atoms with Crippen molar-refractivity contribution in [3.05, 3.63) is 0 Å². The lowest BCUT2D eigenvalue weighted by Crippen LogP contribution is -2.45. The van der Waals surface area contributed by atoms with Crippen LogP contribution in [0.3, 0.4) is 0 Å². The highest BCUT2D eigenvalue weighted by atomic mass is 32.2. The summed E-state index contributed by atoms with van der Waals surface area (Å²) in [7, 11) is 0. The number of rotatable bonds is 6. The molecule has 0 aromatic heterocycles. The van der Waals surface area contributed by atoms with E-state index >= 15 is 0 Å². The number of carboxylic acid groups (broad SMARTS) is 1. The minimum Gasteiger partial charge on any atom is -0.481 e. The Bertz CT molecular complexity index is 256. The predicted molar refractivity (Wildman–Crippen MR) is 73.6 cm³/mol. The molecule has 1 fully saturated rings. The molecule has 0 aromatic rings. The van der Waals surface area contributed by atoms with E-state index < -0.39 is 11.4 Å². The van der Waals surface area contributed by atoms with E-state index in [2.05, 4.69) is 11.8 Å². The van der Waals surface area contributed by atoms with Gasteiger partial charge in [-0.25, -0.2) is 0 Å². The molecule has 0 amide bonds. The first-order valence-electron chi connectivity index (χ1n) is 6.52. The van der Waals surface area contributed by atoms with Gasteiger partial charge in [0.1, 0.15) is 0 Å². The van der Waals surface area contributed by atoms with Gasteiger partial charge in [0.2, 0.25) is 0 Å². The molecule has 0 aliphatic carbocycles. The zero-order chi connectivity index (χ0) is 12.9. The van der Waals surface area contributed by atoms with Gasteiger partial charge >= 0.3 is 5.97 Å². The topological polar surface area (TPSA) is 40.5 Å². The Morgan fingerprint density at radius 1 is 1.53 bits per heavy atom. The molecule has 0 radical (unpaired) electrons. The molecule has 0 bridgehead atoms. The standard InChI is InChI=1S/C13H25NO2S/c1-4-17-9-8-14-7-5-6-11(10-14)13(2,3)12(15)16/h11H,4-10H2,1-3H3,(H,15,16). The second-order valence-electron chi connectivity index (χ2n) is 5.36. The third kappa shape index (κ3) is 4.18. The van der Waals surface area contributed by atoms with Crippen LogP contribution in [0.1, 0.15) is 33.6 Å². The van der Waals surface area contributed by atoms with Crippen molar-refractivity contribution in [1.29, 1.82) is 0 Å². The lowest BCUT2D eigenvalue weighted by atomic mass is 9.74. The fourth-order valence-electron chi connectivity index (χ4n) is 2.36. The predicted octanol–water partition coefficient (Wildman–Crippen LogP) is 2.56. The summed E-state index contributed by atoms with van der Waals surface area (Å²) in [6.45, 7) is 9.09. The second-order valence-corrected chi connectivity index (χ2v) is 6.76. The molecule has 17 heavy (non-hydrogen) atoms. The highest BCUT2D eigenvalue weighted by molar-refractivity contribution is 7.99. The third-order valence-corrected chi connectivity index (χ3v) is 4.71. The molecule has 0 saturated carbocycles. The average Bonchev–Trinajstić information content (AvgIpc) is 2.29. The van der Waals surface area contributed by atoms with E-state index in [4.69, 9.17) is 0 Å². The maximum absolute atomic E-state index is 11.3. The van der Waals surface area contributed by atoms with Crippen LogP contribution >= 0.6 is 11.8 Å². The molecule has 1 aliphatic heterocycles. The van der Waals surface area contributed by atoms with Gasteiger partial charge in [-0.05, 0) is 44.9 Å². The minimum atomic E-state index is -0.660. The van der Waals surface area contributed by atoms with Crippen LogP contribution in [0.2, 0.25) is 0 Å². The van der Waals surface area contributed by atoms with E-state index in [1.807, 2.05) is 25.6 Å². The molecule has 4 heteroatoms. The van der Waals surface area contributed by atoms with E-state index in [9.17, 15) is 9.90 Å². The Kier molecular flexibility index (Phi) is 5.80. The molecule has 1 heterocycles. The molecule has 1 rings (SSSR count). The summed E-state index contributed by atoms with van der Waals surface area (Å²) in [4.78, 5) is 13.7. The molecular formula is C13H25NO2S. The summed E-state index contributed by atoms with van der Waals surface area (Å²) < 4.78 is 0. The smallest absolute Gasteiger partial charge is 0.309 e. The maximum atomic E-state index is 11.3. The Balaban J connectivity index is 2.46. The van der Waals surface area contributed by atoms with E-state index in [-0.39, 0.29) is 0 Å². The van der Waals surface area contributed by atoms with Crippen LogP contribution in [0.4, 0.5) is 0 Å². The number of likely N-dealkylation sites (tertiary alicyclic amines) is 1. The zero-order valence-corrected chi connectivity index (χ0v) is 12.1. The van der Waals surface area contributed by atoms with Crippen molar-refractivity contribution in [2.24, 2.45) is 11.3 Å². The summed E-state index contributed by atoms with van der Waals surface area (Å²) >= 11 is 1.96. The molecule has 1 atom stereocenters. The van der Waals surface area contributed by atoms with Crippen LogP contribution in [0, 0.1) is 11.3 Å². The highest BCUT2D eigenvalue weighted by Gasteiger charge is 2.38. The van der Waals surface area contributed by atoms with Gasteiger partial charge in [0.05, 0.1) is 5.41 Å². The van der Waals surface area contributed by atoms with Crippen molar-refractivity contribution in [3.8, 4) is 0 Å². The number of carbonyl (C=O) groups is 1. The second kappa shape index (κ2) is 6.64. The number of hydrogen-bond acceptors (Lipinski definition) is 3. The number of carboxylic acids is 1. The fraction of sp³-hybridized carbons (Fsp3) is 0.923. The van der Waals surface area contributed by atoms with Crippen molar-refractivity contribution < 1.29 is 9.90 Å². The van der Waals surface area contributed by atoms with Crippen LogP contribution in [0.25, 0.3) is 0 Å². The largest absolute Gasteiger partial charge is 0.481 e. The Morgan fingerprint density at radius 2 is 2.24 bits per heavy atom. The average molecular weight is 259 g/mol. The van der Waals surface area contributed by atoms with Crippen LogP contribution in [0.15, 0.2) is 0 Å². The zero-order valence-electron chi connectivity index (χ0n) is 11.2. The molecule has 1 unspecified atom stereocenters. The summed E-state index contributed by atoms with van der Waals surface area (Å²) in [5.41, 5.74) is -0.587. The number of hydrogen-bond donors (Lipinski definition) is 1. The summed E-state index contributed by atoms with van der Waals surface area (Å²) in [5.74, 6) is 1.96. The number of aliphatic carboxylic acids is 1. The van der Waals surface area contributed by atoms with Crippen molar-refractivity contribution in [1.82, 2.24) is 4.90 Å². The van der Waals surface area contributed by atoms with Crippen molar-refractivity contribution in [2.75, 3.05) is 31.1 Å². The summed E-state index contributed by atoms with van der Waals surface area (Å²) in [5, 5.41) is 9.27. The molecule has 1 aliphatic rings. The van der Waals surface area contributed by atoms with Gasteiger partial charge in [-0.1, -0.05) is 6.92 Å². The van der Waals surface area contributed by atoms with Crippen molar-refractivity contribution in [3.63, 3.8) is 0 Å². The fourth-order valence-corrected chi connectivity index (χ4v) is 3.04. The van der Waals surface area contributed by atoms with E-state index in [1.165, 1.54) is 0 Å². The number of thioether (sulfide) groups is 1. The lowest BCUT2D eigenvalue weighted by Gasteiger charge is -2.39. The minimum absolute atomic E-state index is 0.292. The SMILES string of the molecule is CCSCCN1CCCC(C(C)(C)C(=O)O)C1. The molecule has 0 aromatic carbocycles. The molecule has 1 saturated heterocycles. The first-order chi connectivity index (χ1) is 7.98. The number of piperidine rings is 1. The van der Waals surface area contributed by atoms with Gasteiger partial charge in [-0.15, -0.1) is 0 Å². The summed E-state index contributed by atoms with van der Waals surface area (Å²) in [6, 6.07) is 0. The molecule has 100 valence electrons. The van der Waals surface area contributed by atoms with Crippen molar-refractivity contribution in [2.45, 2.75) is 33.6 Å². The van der Waals surface area contributed by atoms with E-state index in [0.29, 0.717) is 5.92 Å². The number of nitrogens with zero attached hydrogens (tertiary/aromatic N) is 1. The summed E-state index contributed by atoms with van der Waals surface area (Å²) in [6.07, 6.45) is 2.19.